The van der Waals surface area contributed by atoms with Gasteiger partial charge in [-0.1, -0.05) is 17.7 Å². The fourth-order valence-electron chi connectivity index (χ4n) is 3.16. The molecule has 2 aromatic rings. The summed E-state index contributed by atoms with van der Waals surface area (Å²) in [6.07, 6.45) is 1.30. The van der Waals surface area contributed by atoms with E-state index in [9.17, 15) is 9.59 Å². The molecule has 0 saturated carbocycles. The third-order valence-electron chi connectivity index (χ3n) is 4.83. The van der Waals surface area contributed by atoms with Gasteiger partial charge in [-0.05, 0) is 43.2 Å². The number of ether oxygens (including phenoxy) is 2. The predicted octanol–water partition coefficient (Wildman–Crippen LogP) is 3.89. The first-order chi connectivity index (χ1) is 13.4. The van der Waals surface area contributed by atoms with E-state index in [1.807, 2.05) is 19.1 Å². The number of amides is 2. The molecule has 1 saturated heterocycles. The van der Waals surface area contributed by atoms with Crippen molar-refractivity contribution in [2.24, 2.45) is 0 Å². The summed E-state index contributed by atoms with van der Waals surface area (Å²) in [6, 6.07) is 10.5. The molecule has 2 amide bonds. The van der Waals surface area contributed by atoms with E-state index in [-0.39, 0.29) is 18.5 Å². The highest BCUT2D eigenvalue weighted by atomic mass is 35.5. The molecule has 28 heavy (non-hydrogen) atoms. The van der Waals surface area contributed by atoms with Gasteiger partial charge in [-0.25, -0.2) is 0 Å². The van der Waals surface area contributed by atoms with Crippen LogP contribution in [0, 0.1) is 6.92 Å². The molecule has 0 spiro atoms. The Labute approximate surface area is 169 Å². The van der Waals surface area contributed by atoms with Crippen LogP contribution in [-0.4, -0.2) is 44.1 Å². The lowest BCUT2D eigenvalue weighted by Crippen LogP contribution is -2.42. The Bertz CT molecular complexity index is 900. The number of rotatable bonds is 6. The Morgan fingerprint density at radius 2 is 1.96 bits per heavy atom. The normalized spacial score (nSPS) is 13.6. The fourth-order valence-corrected chi connectivity index (χ4v) is 3.33. The highest BCUT2D eigenvalue weighted by Crippen LogP contribution is 2.30. The molecule has 1 aliphatic heterocycles. The van der Waals surface area contributed by atoms with Crippen molar-refractivity contribution in [3.63, 3.8) is 0 Å². The number of hydrogen-bond donors (Lipinski definition) is 0. The lowest BCUT2D eigenvalue weighted by molar-refractivity contribution is -0.127. The lowest BCUT2D eigenvalue weighted by atomic mass is 10.1. The Morgan fingerprint density at radius 3 is 2.57 bits per heavy atom. The summed E-state index contributed by atoms with van der Waals surface area (Å²) in [6.45, 7) is 2.68. The monoisotopic (exact) mass is 402 g/mol. The number of methoxy groups -OCH3 is 2. The maximum Gasteiger partial charge on any atom is 0.263 e. The SMILES string of the molecule is COc1ccc(C(=O)N(CN2CCCC2=O)c2ccc(C)c(Cl)c2)c(OC)c1. The molecule has 0 bridgehead atoms. The van der Waals surface area contributed by atoms with Crippen molar-refractivity contribution in [2.45, 2.75) is 19.8 Å². The van der Waals surface area contributed by atoms with Crippen LogP contribution in [0.1, 0.15) is 28.8 Å². The Balaban J connectivity index is 2.01. The third kappa shape index (κ3) is 4.07. The first kappa shape index (κ1) is 20.0. The second kappa shape index (κ2) is 8.52. The molecule has 0 aliphatic carbocycles. The average molecular weight is 403 g/mol. The molecular weight excluding hydrogens is 380 g/mol. The van der Waals surface area contributed by atoms with Crippen molar-refractivity contribution in [3.8, 4) is 11.5 Å². The number of benzene rings is 2. The van der Waals surface area contributed by atoms with E-state index in [2.05, 4.69) is 0 Å². The van der Waals surface area contributed by atoms with Crippen LogP contribution in [0.5, 0.6) is 11.5 Å². The number of halogens is 1. The smallest absolute Gasteiger partial charge is 0.263 e. The Morgan fingerprint density at radius 1 is 1.18 bits per heavy atom. The van der Waals surface area contributed by atoms with Gasteiger partial charge < -0.3 is 14.4 Å². The average Bonchev–Trinajstić information content (AvgIpc) is 3.11. The van der Waals surface area contributed by atoms with E-state index in [4.69, 9.17) is 21.1 Å². The van der Waals surface area contributed by atoms with Gasteiger partial charge in [-0.3, -0.25) is 14.5 Å². The zero-order valence-corrected chi connectivity index (χ0v) is 17.0. The summed E-state index contributed by atoms with van der Waals surface area (Å²) in [5, 5.41) is 0.560. The van der Waals surface area contributed by atoms with Crippen LogP contribution in [-0.2, 0) is 4.79 Å². The molecule has 0 unspecified atom stereocenters. The fraction of sp³-hybridized carbons (Fsp3) is 0.333. The molecule has 1 fully saturated rings. The van der Waals surface area contributed by atoms with E-state index in [0.29, 0.717) is 40.7 Å². The largest absolute Gasteiger partial charge is 0.497 e. The maximum absolute atomic E-state index is 13.4. The van der Waals surface area contributed by atoms with Gasteiger partial charge in [0.05, 0.1) is 19.8 Å². The number of anilines is 1. The molecule has 0 atom stereocenters. The molecule has 0 radical (unpaired) electrons. The van der Waals surface area contributed by atoms with Gasteiger partial charge in [0.2, 0.25) is 5.91 Å². The minimum absolute atomic E-state index is 0.0395. The van der Waals surface area contributed by atoms with Crippen molar-refractivity contribution in [1.82, 2.24) is 4.90 Å². The molecule has 3 rings (SSSR count). The molecule has 1 aliphatic rings. The van der Waals surface area contributed by atoms with Gasteiger partial charge in [-0.15, -0.1) is 0 Å². The summed E-state index contributed by atoms with van der Waals surface area (Å²) in [4.78, 5) is 28.8. The third-order valence-corrected chi connectivity index (χ3v) is 5.24. The van der Waals surface area contributed by atoms with Crippen LogP contribution >= 0.6 is 11.6 Å². The van der Waals surface area contributed by atoms with Crippen molar-refractivity contribution in [3.05, 3.63) is 52.5 Å². The quantitative estimate of drug-likeness (QED) is 0.735. The minimum Gasteiger partial charge on any atom is -0.497 e. The maximum atomic E-state index is 13.4. The van der Waals surface area contributed by atoms with Crippen LogP contribution in [0.15, 0.2) is 36.4 Å². The summed E-state index contributed by atoms with van der Waals surface area (Å²) in [5.74, 6) is 0.755. The molecule has 7 heteroatoms. The number of likely N-dealkylation sites (tertiary alicyclic amines) is 1. The molecule has 0 N–H and O–H groups in total. The van der Waals surface area contributed by atoms with Gasteiger partial charge in [0.1, 0.15) is 18.2 Å². The van der Waals surface area contributed by atoms with Gasteiger partial charge in [0.25, 0.3) is 5.91 Å². The summed E-state index contributed by atoms with van der Waals surface area (Å²) >= 11 is 6.29. The van der Waals surface area contributed by atoms with Crippen LogP contribution in [0.25, 0.3) is 0 Å². The zero-order valence-electron chi connectivity index (χ0n) is 16.2. The van der Waals surface area contributed by atoms with E-state index >= 15 is 0 Å². The van der Waals surface area contributed by atoms with Crippen LogP contribution in [0.2, 0.25) is 5.02 Å². The minimum atomic E-state index is -0.279. The van der Waals surface area contributed by atoms with E-state index in [0.717, 1.165) is 12.0 Å². The molecule has 1 heterocycles. The first-order valence-electron chi connectivity index (χ1n) is 9.02. The topological polar surface area (TPSA) is 59.1 Å². The van der Waals surface area contributed by atoms with Crippen molar-refractivity contribution >= 4 is 29.1 Å². The first-order valence-corrected chi connectivity index (χ1v) is 9.40. The standard InChI is InChI=1S/C21H23ClN2O4/c1-14-6-7-15(11-18(14)22)24(13-23-10-4-5-20(23)25)21(26)17-9-8-16(27-2)12-19(17)28-3/h6-9,11-12H,4-5,10,13H2,1-3H3. The van der Waals surface area contributed by atoms with Gasteiger partial charge in [0, 0.05) is 29.7 Å². The van der Waals surface area contributed by atoms with E-state index < -0.39 is 0 Å². The molecule has 6 nitrogen and oxygen atoms in total. The summed E-state index contributed by atoms with van der Waals surface area (Å²) in [7, 11) is 3.05. The van der Waals surface area contributed by atoms with E-state index in [1.54, 1.807) is 41.2 Å². The predicted molar refractivity (Wildman–Crippen MR) is 108 cm³/mol. The Kier molecular flexibility index (Phi) is 6.09. The molecule has 2 aromatic carbocycles. The number of hydrogen-bond acceptors (Lipinski definition) is 4. The number of carbonyl (C=O) groups is 2. The van der Waals surface area contributed by atoms with Crippen LogP contribution in [0.4, 0.5) is 5.69 Å². The van der Waals surface area contributed by atoms with Crippen molar-refractivity contribution < 1.29 is 19.1 Å². The van der Waals surface area contributed by atoms with Gasteiger partial charge >= 0.3 is 0 Å². The van der Waals surface area contributed by atoms with E-state index in [1.165, 1.54) is 7.11 Å². The second-order valence-electron chi connectivity index (χ2n) is 6.64. The number of carbonyl (C=O) groups excluding carboxylic acids is 2. The Hall–Kier alpha value is -2.73. The van der Waals surface area contributed by atoms with Gasteiger partial charge in [0.15, 0.2) is 0 Å². The molecule has 0 aromatic heterocycles. The lowest BCUT2D eigenvalue weighted by Gasteiger charge is -2.29. The zero-order chi connectivity index (χ0) is 20.3. The summed E-state index contributed by atoms with van der Waals surface area (Å²) < 4.78 is 10.6. The highest BCUT2D eigenvalue weighted by Gasteiger charge is 2.28. The number of nitrogens with zero attached hydrogens (tertiary/aromatic N) is 2. The highest BCUT2D eigenvalue weighted by molar-refractivity contribution is 6.31. The van der Waals surface area contributed by atoms with Crippen molar-refractivity contribution in [1.29, 1.82) is 0 Å². The van der Waals surface area contributed by atoms with Crippen LogP contribution in [0.3, 0.4) is 0 Å². The van der Waals surface area contributed by atoms with Crippen LogP contribution < -0.4 is 14.4 Å². The molecular formula is C21H23ClN2O4. The van der Waals surface area contributed by atoms with Crippen molar-refractivity contribution in [2.75, 3.05) is 32.3 Å². The van der Waals surface area contributed by atoms with Gasteiger partial charge in [-0.2, -0.15) is 0 Å². The number of aryl methyl sites for hydroxylation is 1. The summed E-state index contributed by atoms with van der Waals surface area (Å²) in [5.41, 5.74) is 1.92. The molecule has 148 valence electrons. The second-order valence-corrected chi connectivity index (χ2v) is 7.04.